The summed E-state index contributed by atoms with van der Waals surface area (Å²) in [6, 6.07) is 0. The predicted molar refractivity (Wildman–Crippen MR) is 35.0 cm³/mol. The first-order valence-electron chi connectivity index (χ1n) is 3.03. The summed E-state index contributed by atoms with van der Waals surface area (Å²) >= 11 is 0. The molecule has 1 aliphatic rings. The number of hydrogen-bond donors (Lipinski definition) is 1. The summed E-state index contributed by atoms with van der Waals surface area (Å²) in [5, 5.41) is 3.81. The molecule has 0 fully saturated rings. The van der Waals surface area contributed by atoms with Gasteiger partial charge in [-0.15, -0.1) is 0 Å². The minimum absolute atomic E-state index is 0.0214. The SMILES string of the molecule is CC1=NNC(=O)CC1C. The minimum atomic E-state index is 0.0214. The van der Waals surface area contributed by atoms with Crippen molar-refractivity contribution in [2.45, 2.75) is 20.3 Å². The van der Waals surface area contributed by atoms with Crippen LogP contribution in [0.5, 0.6) is 0 Å². The molecule has 0 radical (unpaired) electrons. The van der Waals surface area contributed by atoms with Crippen LogP contribution in [0.25, 0.3) is 0 Å². The topological polar surface area (TPSA) is 41.5 Å². The second kappa shape index (κ2) is 2.17. The average molecular weight is 126 g/mol. The number of nitrogens with zero attached hydrogens (tertiary/aromatic N) is 1. The van der Waals surface area contributed by atoms with Crippen LogP contribution in [0.15, 0.2) is 5.10 Å². The van der Waals surface area contributed by atoms with E-state index in [9.17, 15) is 4.79 Å². The van der Waals surface area contributed by atoms with Gasteiger partial charge < -0.3 is 0 Å². The van der Waals surface area contributed by atoms with Gasteiger partial charge in [0.1, 0.15) is 0 Å². The maximum Gasteiger partial charge on any atom is 0.240 e. The van der Waals surface area contributed by atoms with Crippen molar-refractivity contribution >= 4 is 11.6 Å². The van der Waals surface area contributed by atoms with Crippen LogP contribution in [-0.2, 0) is 4.79 Å². The quantitative estimate of drug-likeness (QED) is 0.505. The molecule has 0 saturated carbocycles. The maximum atomic E-state index is 10.6. The molecule has 0 aromatic heterocycles. The number of rotatable bonds is 0. The van der Waals surface area contributed by atoms with Crippen molar-refractivity contribution in [2.75, 3.05) is 0 Å². The van der Waals surface area contributed by atoms with Crippen molar-refractivity contribution in [3.63, 3.8) is 0 Å². The molecular weight excluding hydrogens is 116 g/mol. The van der Waals surface area contributed by atoms with Crippen molar-refractivity contribution in [2.24, 2.45) is 11.0 Å². The highest BCUT2D eigenvalue weighted by Gasteiger charge is 2.15. The maximum absolute atomic E-state index is 10.6. The van der Waals surface area contributed by atoms with Crippen LogP contribution < -0.4 is 5.43 Å². The Morgan fingerprint density at radius 1 is 1.78 bits per heavy atom. The molecule has 50 valence electrons. The molecule has 1 atom stereocenters. The van der Waals surface area contributed by atoms with Crippen LogP contribution in [0, 0.1) is 5.92 Å². The molecule has 9 heavy (non-hydrogen) atoms. The van der Waals surface area contributed by atoms with Crippen LogP contribution in [0.3, 0.4) is 0 Å². The molecule has 1 rings (SSSR count). The van der Waals surface area contributed by atoms with E-state index in [0.717, 1.165) is 5.71 Å². The lowest BCUT2D eigenvalue weighted by molar-refractivity contribution is -0.121. The highest BCUT2D eigenvalue weighted by Crippen LogP contribution is 2.07. The Labute approximate surface area is 54.1 Å². The fourth-order valence-electron chi connectivity index (χ4n) is 0.732. The van der Waals surface area contributed by atoms with Gasteiger partial charge >= 0.3 is 0 Å². The zero-order chi connectivity index (χ0) is 6.85. The van der Waals surface area contributed by atoms with E-state index in [1.807, 2.05) is 13.8 Å². The molecular formula is C6H10N2O. The summed E-state index contributed by atoms with van der Waals surface area (Å²) in [6.07, 6.45) is 0.579. The third-order valence-corrected chi connectivity index (χ3v) is 1.56. The molecule has 1 N–H and O–H groups in total. The second-order valence-corrected chi connectivity index (χ2v) is 2.39. The van der Waals surface area contributed by atoms with Crippen LogP contribution >= 0.6 is 0 Å². The Morgan fingerprint density at radius 2 is 2.44 bits per heavy atom. The number of hydrogen-bond acceptors (Lipinski definition) is 2. The van der Waals surface area contributed by atoms with Gasteiger partial charge in [-0.1, -0.05) is 6.92 Å². The first-order valence-corrected chi connectivity index (χ1v) is 3.03. The summed E-state index contributed by atoms with van der Waals surface area (Å²) < 4.78 is 0. The first-order chi connectivity index (χ1) is 4.20. The van der Waals surface area contributed by atoms with Gasteiger partial charge in [0.15, 0.2) is 0 Å². The molecule has 0 aromatic rings. The van der Waals surface area contributed by atoms with Gasteiger partial charge in [0.25, 0.3) is 0 Å². The molecule has 0 aromatic carbocycles. The molecule has 0 spiro atoms. The molecule has 1 heterocycles. The number of carbonyl (C=O) groups is 1. The van der Waals surface area contributed by atoms with Crippen LogP contribution in [0.1, 0.15) is 20.3 Å². The molecule has 0 aliphatic carbocycles. The van der Waals surface area contributed by atoms with Gasteiger partial charge in [-0.2, -0.15) is 5.10 Å². The fraction of sp³-hybridized carbons (Fsp3) is 0.667. The van der Waals surface area contributed by atoms with Gasteiger partial charge in [-0.25, -0.2) is 5.43 Å². The van der Waals surface area contributed by atoms with E-state index in [4.69, 9.17) is 0 Å². The molecule has 3 nitrogen and oxygen atoms in total. The smallest absolute Gasteiger partial charge is 0.240 e. The van der Waals surface area contributed by atoms with Crippen LogP contribution in [-0.4, -0.2) is 11.6 Å². The molecule has 1 aliphatic heterocycles. The second-order valence-electron chi connectivity index (χ2n) is 2.39. The van der Waals surface area contributed by atoms with Crippen LogP contribution in [0.2, 0.25) is 0 Å². The van der Waals surface area contributed by atoms with E-state index in [-0.39, 0.29) is 5.91 Å². The highest BCUT2D eigenvalue weighted by atomic mass is 16.2. The zero-order valence-electron chi connectivity index (χ0n) is 5.64. The summed E-state index contributed by atoms with van der Waals surface area (Å²) in [4.78, 5) is 10.6. The number of carbonyl (C=O) groups excluding carboxylic acids is 1. The lowest BCUT2D eigenvalue weighted by Crippen LogP contribution is -2.29. The van der Waals surface area contributed by atoms with Crippen molar-refractivity contribution < 1.29 is 4.79 Å². The number of amides is 1. The summed E-state index contributed by atoms with van der Waals surface area (Å²) in [5.74, 6) is 0.340. The third-order valence-electron chi connectivity index (χ3n) is 1.56. The Hall–Kier alpha value is -0.860. The van der Waals surface area contributed by atoms with Gasteiger partial charge in [0, 0.05) is 18.1 Å². The number of hydrazone groups is 1. The number of nitrogens with one attached hydrogen (secondary N) is 1. The monoisotopic (exact) mass is 126 g/mol. The van der Waals surface area contributed by atoms with E-state index in [0.29, 0.717) is 12.3 Å². The van der Waals surface area contributed by atoms with Gasteiger partial charge in [0.2, 0.25) is 5.91 Å². The van der Waals surface area contributed by atoms with Crippen molar-refractivity contribution in [1.29, 1.82) is 0 Å². The largest absolute Gasteiger partial charge is 0.273 e. The average Bonchev–Trinajstić information content (AvgIpc) is 1.80. The first kappa shape index (κ1) is 6.26. The lowest BCUT2D eigenvalue weighted by atomic mass is 10.0. The van der Waals surface area contributed by atoms with E-state index in [2.05, 4.69) is 10.5 Å². The molecule has 3 heteroatoms. The standard InChI is InChI=1S/C6H10N2O/c1-4-3-6(9)8-7-5(4)2/h4H,3H2,1-2H3,(H,8,9). The Balaban J connectivity index is 2.67. The zero-order valence-corrected chi connectivity index (χ0v) is 5.64. The molecule has 0 bridgehead atoms. The van der Waals surface area contributed by atoms with E-state index < -0.39 is 0 Å². The Morgan fingerprint density at radius 3 is 2.89 bits per heavy atom. The molecule has 0 saturated heterocycles. The Bertz CT molecular complexity index is 162. The summed E-state index contributed by atoms with van der Waals surface area (Å²) in [6.45, 7) is 3.92. The highest BCUT2D eigenvalue weighted by molar-refractivity contribution is 5.92. The van der Waals surface area contributed by atoms with Crippen molar-refractivity contribution in [1.82, 2.24) is 5.43 Å². The summed E-state index contributed by atoms with van der Waals surface area (Å²) in [7, 11) is 0. The lowest BCUT2D eigenvalue weighted by Gasteiger charge is -2.14. The molecule has 1 unspecified atom stereocenters. The minimum Gasteiger partial charge on any atom is -0.273 e. The Kier molecular flexibility index (Phi) is 1.51. The predicted octanol–water partition coefficient (Wildman–Crippen LogP) is 0.518. The molecule has 1 amide bonds. The van der Waals surface area contributed by atoms with Gasteiger partial charge in [-0.05, 0) is 6.92 Å². The van der Waals surface area contributed by atoms with Crippen molar-refractivity contribution in [3.8, 4) is 0 Å². The fourth-order valence-corrected chi connectivity index (χ4v) is 0.732. The van der Waals surface area contributed by atoms with Gasteiger partial charge in [-0.3, -0.25) is 4.79 Å². The summed E-state index contributed by atoms with van der Waals surface area (Å²) in [5.41, 5.74) is 3.42. The van der Waals surface area contributed by atoms with E-state index >= 15 is 0 Å². The van der Waals surface area contributed by atoms with Crippen LogP contribution in [0.4, 0.5) is 0 Å². The van der Waals surface area contributed by atoms with E-state index in [1.165, 1.54) is 0 Å². The van der Waals surface area contributed by atoms with E-state index in [1.54, 1.807) is 0 Å². The van der Waals surface area contributed by atoms with Gasteiger partial charge in [0.05, 0.1) is 0 Å². The normalized spacial score (nSPS) is 27.1. The third kappa shape index (κ3) is 1.28. The van der Waals surface area contributed by atoms with Crippen molar-refractivity contribution in [3.05, 3.63) is 0 Å².